The fourth-order valence-electron chi connectivity index (χ4n) is 3.48. The van der Waals surface area contributed by atoms with Gasteiger partial charge in [-0.25, -0.2) is 4.98 Å². The van der Waals surface area contributed by atoms with E-state index in [0.717, 1.165) is 89.5 Å². The summed E-state index contributed by atoms with van der Waals surface area (Å²) in [4.78, 5) is 14.0. The first-order valence-electron chi connectivity index (χ1n) is 11.0. The second kappa shape index (κ2) is 14.2. The van der Waals surface area contributed by atoms with Gasteiger partial charge in [-0.3, -0.25) is 4.99 Å². The SMILES string of the molecule is CCOCCCN=C(NCCn1cnnc1CC)N1CCN(c2ccccn2)CC1.I. The van der Waals surface area contributed by atoms with E-state index in [1.165, 1.54) is 0 Å². The molecular formula is C21H35IN8O. The molecular weight excluding hydrogens is 507 g/mol. The molecule has 0 atom stereocenters. The van der Waals surface area contributed by atoms with Crippen LogP contribution in [0.3, 0.4) is 0 Å². The van der Waals surface area contributed by atoms with Crippen LogP contribution < -0.4 is 10.2 Å². The Labute approximate surface area is 202 Å². The third-order valence-electron chi connectivity index (χ3n) is 5.11. The number of aryl methyl sites for hydroxylation is 1. The van der Waals surface area contributed by atoms with Crippen molar-refractivity contribution in [1.29, 1.82) is 0 Å². The molecule has 1 aliphatic heterocycles. The molecule has 1 aliphatic rings. The van der Waals surface area contributed by atoms with E-state index in [2.05, 4.69) is 47.9 Å². The molecule has 0 saturated carbocycles. The number of nitrogens with zero attached hydrogens (tertiary/aromatic N) is 7. The van der Waals surface area contributed by atoms with Crippen LogP contribution in [0.15, 0.2) is 35.7 Å². The van der Waals surface area contributed by atoms with E-state index in [4.69, 9.17) is 9.73 Å². The number of rotatable bonds is 10. The third-order valence-corrected chi connectivity index (χ3v) is 5.11. The number of ether oxygens (including phenoxy) is 1. The summed E-state index contributed by atoms with van der Waals surface area (Å²) >= 11 is 0. The Morgan fingerprint density at radius 2 is 2.03 bits per heavy atom. The number of nitrogens with one attached hydrogen (secondary N) is 1. The van der Waals surface area contributed by atoms with Crippen molar-refractivity contribution in [3.05, 3.63) is 36.5 Å². The first kappa shape index (κ1) is 25.3. The highest BCUT2D eigenvalue weighted by molar-refractivity contribution is 14.0. The molecule has 0 aromatic carbocycles. The van der Waals surface area contributed by atoms with Crippen molar-refractivity contribution in [1.82, 2.24) is 30.0 Å². The monoisotopic (exact) mass is 542 g/mol. The van der Waals surface area contributed by atoms with E-state index in [1.807, 2.05) is 25.3 Å². The zero-order valence-corrected chi connectivity index (χ0v) is 20.9. The van der Waals surface area contributed by atoms with Gasteiger partial charge in [-0.2, -0.15) is 0 Å². The summed E-state index contributed by atoms with van der Waals surface area (Å²) in [5.41, 5.74) is 0. The highest BCUT2D eigenvalue weighted by Crippen LogP contribution is 2.12. The van der Waals surface area contributed by atoms with Gasteiger partial charge < -0.3 is 24.4 Å². The molecule has 1 N–H and O–H groups in total. The molecule has 0 aliphatic carbocycles. The molecule has 1 fully saturated rings. The Morgan fingerprint density at radius 3 is 2.74 bits per heavy atom. The number of piperazine rings is 1. The Hall–Kier alpha value is -1.95. The molecule has 3 rings (SSSR count). The molecule has 1 saturated heterocycles. The first-order chi connectivity index (χ1) is 14.8. The maximum absolute atomic E-state index is 5.45. The van der Waals surface area contributed by atoms with E-state index in [1.54, 1.807) is 6.33 Å². The lowest BCUT2D eigenvalue weighted by Crippen LogP contribution is -2.53. The molecule has 10 heteroatoms. The van der Waals surface area contributed by atoms with E-state index in [-0.39, 0.29) is 24.0 Å². The van der Waals surface area contributed by atoms with Gasteiger partial charge in [-0.15, -0.1) is 34.2 Å². The van der Waals surface area contributed by atoms with Crippen molar-refractivity contribution in [2.75, 3.05) is 57.4 Å². The van der Waals surface area contributed by atoms with E-state index in [0.29, 0.717) is 0 Å². The number of aromatic nitrogens is 4. The van der Waals surface area contributed by atoms with Gasteiger partial charge in [0.15, 0.2) is 5.96 Å². The standard InChI is InChI=1S/C21H34N8O.HI/c1-3-19-26-25-18-29(19)12-11-24-21(23-10-7-17-30-4-2)28-15-13-27(14-16-28)20-8-5-6-9-22-20;/h5-6,8-9,18H,3-4,7,10-17H2,1-2H3,(H,23,24);1H. The number of hydrogen-bond acceptors (Lipinski definition) is 6. The second-order valence-corrected chi connectivity index (χ2v) is 7.14. The van der Waals surface area contributed by atoms with Crippen molar-refractivity contribution >= 4 is 35.8 Å². The van der Waals surface area contributed by atoms with Crippen molar-refractivity contribution in [2.24, 2.45) is 4.99 Å². The lowest BCUT2D eigenvalue weighted by atomic mass is 10.3. The largest absolute Gasteiger partial charge is 0.382 e. The Balaban J connectivity index is 0.00000341. The van der Waals surface area contributed by atoms with Crippen LogP contribution in [0.4, 0.5) is 5.82 Å². The van der Waals surface area contributed by atoms with Crippen molar-refractivity contribution in [3.63, 3.8) is 0 Å². The van der Waals surface area contributed by atoms with Gasteiger partial charge in [-0.05, 0) is 25.5 Å². The summed E-state index contributed by atoms with van der Waals surface area (Å²) in [5.74, 6) is 3.02. The van der Waals surface area contributed by atoms with Gasteiger partial charge in [0.05, 0.1) is 0 Å². The van der Waals surface area contributed by atoms with Crippen LogP contribution in [0.1, 0.15) is 26.1 Å². The van der Waals surface area contributed by atoms with Gasteiger partial charge in [0.25, 0.3) is 0 Å². The number of aliphatic imine (C=N–C) groups is 1. The van der Waals surface area contributed by atoms with Crippen LogP contribution >= 0.6 is 24.0 Å². The number of guanidine groups is 1. The summed E-state index contributed by atoms with van der Waals surface area (Å²) in [6.07, 6.45) is 5.46. The molecule has 2 aromatic heterocycles. The number of halogens is 1. The highest BCUT2D eigenvalue weighted by atomic mass is 127. The summed E-state index contributed by atoms with van der Waals surface area (Å²) in [5, 5.41) is 11.7. The third kappa shape index (κ3) is 7.91. The fourth-order valence-corrected chi connectivity index (χ4v) is 3.48. The first-order valence-corrected chi connectivity index (χ1v) is 11.0. The van der Waals surface area contributed by atoms with Crippen molar-refractivity contribution in [3.8, 4) is 0 Å². The number of anilines is 1. The average molecular weight is 542 g/mol. The molecule has 0 radical (unpaired) electrons. The maximum atomic E-state index is 5.45. The fraction of sp³-hybridized carbons (Fsp3) is 0.619. The molecule has 0 spiro atoms. The smallest absolute Gasteiger partial charge is 0.194 e. The number of pyridine rings is 1. The van der Waals surface area contributed by atoms with Crippen LogP contribution in [0.25, 0.3) is 0 Å². The minimum atomic E-state index is 0. The molecule has 0 amide bonds. The van der Waals surface area contributed by atoms with Gasteiger partial charge in [0.2, 0.25) is 0 Å². The minimum Gasteiger partial charge on any atom is -0.382 e. The minimum absolute atomic E-state index is 0. The Morgan fingerprint density at radius 1 is 1.19 bits per heavy atom. The molecule has 3 heterocycles. The van der Waals surface area contributed by atoms with Crippen LogP contribution in [-0.4, -0.2) is 83.1 Å². The zero-order chi connectivity index (χ0) is 21.0. The van der Waals surface area contributed by atoms with E-state index in [9.17, 15) is 0 Å². The van der Waals surface area contributed by atoms with Crippen LogP contribution in [-0.2, 0) is 17.7 Å². The normalized spacial score (nSPS) is 14.5. The van der Waals surface area contributed by atoms with Crippen LogP contribution in [0.5, 0.6) is 0 Å². The maximum Gasteiger partial charge on any atom is 0.194 e. The lowest BCUT2D eigenvalue weighted by molar-refractivity contribution is 0.146. The molecule has 0 bridgehead atoms. The average Bonchev–Trinajstić information content (AvgIpc) is 3.26. The molecule has 0 unspecified atom stereocenters. The summed E-state index contributed by atoms with van der Waals surface area (Å²) in [6, 6.07) is 6.06. The van der Waals surface area contributed by atoms with Gasteiger partial charge in [0, 0.05) is 71.6 Å². The van der Waals surface area contributed by atoms with Gasteiger partial charge in [-0.1, -0.05) is 13.0 Å². The van der Waals surface area contributed by atoms with Gasteiger partial charge in [0.1, 0.15) is 18.0 Å². The van der Waals surface area contributed by atoms with Crippen molar-refractivity contribution in [2.45, 2.75) is 33.2 Å². The summed E-state index contributed by atoms with van der Waals surface area (Å²) in [7, 11) is 0. The molecule has 31 heavy (non-hydrogen) atoms. The molecule has 9 nitrogen and oxygen atoms in total. The summed E-state index contributed by atoms with van der Waals surface area (Å²) in [6.45, 7) is 11.7. The lowest BCUT2D eigenvalue weighted by Gasteiger charge is -2.37. The number of hydrogen-bond donors (Lipinski definition) is 1. The zero-order valence-electron chi connectivity index (χ0n) is 18.6. The van der Waals surface area contributed by atoms with Crippen LogP contribution in [0.2, 0.25) is 0 Å². The second-order valence-electron chi connectivity index (χ2n) is 7.14. The van der Waals surface area contributed by atoms with Crippen molar-refractivity contribution < 1.29 is 4.74 Å². The van der Waals surface area contributed by atoms with Crippen LogP contribution in [0, 0.1) is 0 Å². The Kier molecular flexibility index (Phi) is 11.6. The highest BCUT2D eigenvalue weighted by Gasteiger charge is 2.20. The topological polar surface area (TPSA) is 83.7 Å². The predicted molar refractivity (Wildman–Crippen MR) is 134 cm³/mol. The summed E-state index contributed by atoms with van der Waals surface area (Å²) < 4.78 is 7.54. The van der Waals surface area contributed by atoms with E-state index >= 15 is 0 Å². The Bertz CT molecular complexity index is 762. The molecule has 2 aromatic rings. The van der Waals surface area contributed by atoms with E-state index < -0.39 is 0 Å². The van der Waals surface area contributed by atoms with Gasteiger partial charge >= 0.3 is 0 Å². The predicted octanol–water partition coefficient (Wildman–Crippen LogP) is 2.05. The quantitative estimate of drug-likeness (QED) is 0.213. The molecule has 172 valence electrons.